The SMILES string of the molecule is COc1ccc(CNC(=O)c2cc(S(=O)(=O)N3CCCC3)c(C)s2)cc1. The summed E-state index contributed by atoms with van der Waals surface area (Å²) in [5.74, 6) is 0.488. The van der Waals surface area contributed by atoms with Crippen LogP contribution in [0.15, 0.2) is 35.2 Å². The third-order valence-electron chi connectivity index (χ3n) is 4.39. The molecule has 2 aromatic rings. The van der Waals surface area contributed by atoms with Gasteiger partial charge in [-0.1, -0.05) is 12.1 Å². The Balaban J connectivity index is 1.70. The molecule has 6 nitrogen and oxygen atoms in total. The van der Waals surface area contributed by atoms with Crippen LogP contribution in [0.3, 0.4) is 0 Å². The van der Waals surface area contributed by atoms with Gasteiger partial charge in [-0.15, -0.1) is 11.3 Å². The Kier molecular flexibility index (Phi) is 5.64. The second-order valence-electron chi connectivity index (χ2n) is 6.17. The number of thiophene rings is 1. The average Bonchev–Trinajstić information content (AvgIpc) is 3.30. The second kappa shape index (κ2) is 7.77. The van der Waals surface area contributed by atoms with E-state index in [1.165, 1.54) is 21.7 Å². The van der Waals surface area contributed by atoms with E-state index in [0.29, 0.717) is 29.4 Å². The predicted molar refractivity (Wildman–Crippen MR) is 101 cm³/mol. The van der Waals surface area contributed by atoms with E-state index < -0.39 is 10.0 Å². The topological polar surface area (TPSA) is 75.7 Å². The third-order valence-corrected chi connectivity index (χ3v) is 7.59. The molecule has 2 heterocycles. The first-order valence-corrected chi connectivity index (χ1v) is 10.7. The van der Waals surface area contributed by atoms with Gasteiger partial charge in [-0.25, -0.2) is 8.42 Å². The fraction of sp³-hybridized carbons (Fsp3) is 0.389. The first kappa shape index (κ1) is 18.9. The van der Waals surface area contributed by atoms with Crippen LogP contribution in [-0.4, -0.2) is 38.8 Å². The summed E-state index contributed by atoms with van der Waals surface area (Å²) in [6, 6.07) is 8.91. The number of ether oxygens (including phenoxy) is 1. The number of nitrogens with zero attached hydrogens (tertiary/aromatic N) is 1. The number of methoxy groups -OCH3 is 1. The summed E-state index contributed by atoms with van der Waals surface area (Å²) in [5, 5.41) is 2.84. The molecule has 0 bridgehead atoms. The molecule has 1 N–H and O–H groups in total. The maximum Gasteiger partial charge on any atom is 0.261 e. The second-order valence-corrected chi connectivity index (χ2v) is 9.34. The molecule has 1 aromatic heterocycles. The molecule has 0 saturated carbocycles. The Morgan fingerprint density at radius 2 is 1.88 bits per heavy atom. The van der Waals surface area contributed by atoms with Gasteiger partial charge in [0.05, 0.1) is 16.9 Å². The first-order chi connectivity index (χ1) is 12.4. The van der Waals surface area contributed by atoms with E-state index in [1.807, 2.05) is 24.3 Å². The highest BCUT2D eigenvalue weighted by Gasteiger charge is 2.30. The van der Waals surface area contributed by atoms with Gasteiger partial charge in [0.1, 0.15) is 5.75 Å². The van der Waals surface area contributed by atoms with Crippen LogP contribution in [0.4, 0.5) is 0 Å². The molecule has 1 aliphatic heterocycles. The van der Waals surface area contributed by atoms with Crippen molar-refractivity contribution in [2.24, 2.45) is 0 Å². The summed E-state index contributed by atoms with van der Waals surface area (Å²) in [7, 11) is -1.91. The van der Waals surface area contributed by atoms with Crippen molar-refractivity contribution in [2.75, 3.05) is 20.2 Å². The summed E-state index contributed by atoms with van der Waals surface area (Å²) in [5.41, 5.74) is 0.942. The standard InChI is InChI=1S/C18H22N2O4S2/c1-13-17(26(22,23)20-9-3-4-10-20)11-16(25-13)18(21)19-12-14-5-7-15(24-2)8-6-14/h5-8,11H,3-4,9-10,12H2,1-2H3,(H,19,21). The van der Waals surface area contributed by atoms with Gasteiger partial charge in [-0.3, -0.25) is 4.79 Å². The summed E-state index contributed by atoms with van der Waals surface area (Å²) in [6.07, 6.45) is 1.77. The predicted octanol–water partition coefficient (Wildman–Crippen LogP) is 2.78. The van der Waals surface area contributed by atoms with Crippen LogP contribution in [0, 0.1) is 6.92 Å². The monoisotopic (exact) mass is 394 g/mol. The Morgan fingerprint density at radius 3 is 2.50 bits per heavy atom. The van der Waals surface area contributed by atoms with Crippen molar-refractivity contribution in [3.05, 3.63) is 45.6 Å². The lowest BCUT2D eigenvalue weighted by atomic mass is 10.2. The molecule has 8 heteroatoms. The Hall–Kier alpha value is -1.90. The Bertz CT molecular complexity index is 882. The molecule has 0 aliphatic carbocycles. The molecule has 1 aliphatic rings. The van der Waals surface area contributed by atoms with Gasteiger partial charge in [0.15, 0.2) is 0 Å². The summed E-state index contributed by atoms with van der Waals surface area (Å²) < 4.78 is 32.0. The van der Waals surface area contributed by atoms with E-state index in [4.69, 9.17) is 4.74 Å². The number of benzene rings is 1. The zero-order chi connectivity index (χ0) is 18.7. The Morgan fingerprint density at radius 1 is 1.23 bits per heavy atom. The quantitative estimate of drug-likeness (QED) is 0.817. The zero-order valence-electron chi connectivity index (χ0n) is 14.8. The van der Waals surface area contributed by atoms with Gasteiger partial charge in [-0.05, 0) is 43.5 Å². The van der Waals surface area contributed by atoms with Crippen LogP contribution in [0.25, 0.3) is 0 Å². The van der Waals surface area contributed by atoms with E-state index in [1.54, 1.807) is 14.0 Å². The molecule has 26 heavy (non-hydrogen) atoms. The molecule has 3 rings (SSSR count). The maximum atomic E-state index is 12.7. The highest BCUT2D eigenvalue weighted by Crippen LogP contribution is 2.30. The fourth-order valence-electron chi connectivity index (χ4n) is 2.91. The number of hydrogen-bond donors (Lipinski definition) is 1. The first-order valence-electron chi connectivity index (χ1n) is 8.43. The van der Waals surface area contributed by atoms with E-state index in [0.717, 1.165) is 24.2 Å². The van der Waals surface area contributed by atoms with Gasteiger partial charge >= 0.3 is 0 Å². The van der Waals surface area contributed by atoms with E-state index in [-0.39, 0.29) is 10.8 Å². The van der Waals surface area contributed by atoms with Crippen LogP contribution in [0.2, 0.25) is 0 Å². The smallest absolute Gasteiger partial charge is 0.261 e. The lowest BCUT2D eigenvalue weighted by Crippen LogP contribution is -2.28. The highest BCUT2D eigenvalue weighted by atomic mass is 32.2. The lowest BCUT2D eigenvalue weighted by Gasteiger charge is -2.14. The minimum absolute atomic E-state index is 0.249. The van der Waals surface area contributed by atoms with Crippen molar-refractivity contribution in [3.8, 4) is 5.75 Å². The van der Waals surface area contributed by atoms with E-state index >= 15 is 0 Å². The number of hydrogen-bond acceptors (Lipinski definition) is 5. The van der Waals surface area contributed by atoms with Crippen LogP contribution in [0.5, 0.6) is 5.75 Å². The number of sulfonamides is 1. The Labute approximate surface area is 157 Å². The molecule has 1 saturated heterocycles. The maximum absolute atomic E-state index is 12.7. The average molecular weight is 395 g/mol. The fourth-order valence-corrected chi connectivity index (χ4v) is 5.91. The van der Waals surface area contributed by atoms with Gasteiger partial charge in [0.25, 0.3) is 5.91 Å². The number of amides is 1. The van der Waals surface area contributed by atoms with Crippen molar-refractivity contribution in [3.63, 3.8) is 0 Å². The van der Waals surface area contributed by atoms with Crippen LogP contribution >= 0.6 is 11.3 Å². The number of nitrogens with one attached hydrogen (secondary N) is 1. The molecule has 0 unspecified atom stereocenters. The van der Waals surface area contributed by atoms with Gasteiger partial charge in [0, 0.05) is 24.5 Å². The molecule has 140 valence electrons. The van der Waals surface area contributed by atoms with Crippen LogP contribution < -0.4 is 10.1 Å². The number of aryl methyl sites for hydroxylation is 1. The highest BCUT2D eigenvalue weighted by molar-refractivity contribution is 7.89. The van der Waals surface area contributed by atoms with Crippen molar-refractivity contribution in [1.82, 2.24) is 9.62 Å². The third kappa shape index (κ3) is 3.92. The van der Waals surface area contributed by atoms with Crippen LogP contribution in [0.1, 0.15) is 33.0 Å². The van der Waals surface area contributed by atoms with Crippen molar-refractivity contribution >= 4 is 27.3 Å². The zero-order valence-corrected chi connectivity index (χ0v) is 16.5. The summed E-state index contributed by atoms with van der Waals surface area (Å²) in [6.45, 7) is 3.22. The lowest BCUT2D eigenvalue weighted by molar-refractivity contribution is 0.0955. The van der Waals surface area contributed by atoms with Crippen molar-refractivity contribution in [1.29, 1.82) is 0 Å². The normalized spacial score (nSPS) is 15.2. The summed E-state index contributed by atoms with van der Waals surface area (Å²) >= 11 is 1.21. The minimum Gasteiger partial charge on any atom is -0.497 e. The van der Waals surface area contributed by atoms with E-state index in [2.05, 4.69) is 5.32 Å². The van der Waals surface area contributed by atoms with Gasteiger partial charge in [-0.2, -0.15) is 4.31 Å². The molecular formula is C18H22N2O4S2. The minimum atomic E-state index is -3.51. The van der Waals surface area contributed by atoms with Crippen molar-refractivity contribution < 1.29 is 17.9 Å². The molecule has 1 fully saturated rings. The molecule has 1 amide bonds. The molecule has 0 atom stereocenters. The van der Waals surface area contributed by atoms with E-state index in [9.17, 15) is 13.2 Å². The molecule has 0 radical (unpaired) electrons. The van der Waals surface area contributed by atoms with Gasteiger partial charge in [0.2, 0.25) is 10.0 Å². The number of carbonyl (C=O) groups excluding carboxylic acids is 1. The molecule has 1 aromatic carbocycles. The molecular weight excluding hydrogens is 372 g/mol. The number of rotatable bonds is 6. The van der Waals surface area contributed by atoms with Crippen LogP contribution in [-0.2, 0) is 16.6 Å². The summed E-state index contributed by atoms with van der Waals surface area (Å²) in [4.78, 5) is 13.7. The largest absolute Gasteiger partial charge is 0.497 e. The van der Waals surface area contributed by atoms with Crippen molar-refractivity contribution in [2.45, 2.75) is 31.2 Å². The van der Waals surface area contributed by atoms with Gasteiger partial charge < -0.3 is 10.1 Å². The molecule has 0 spiro atoms. The number of carbonyl (C=O) groups is 1.